The Balaban J connectivity index is 1.50. The van der Waals surface area contributed by atoms with Crippen molar-refractivity contribution in [2.24, 2.45) is 0 Å². The number of piperidine rings is 1. The first kappa shape index (κ1) is 20.4. The van der Waals surface area contributed by atoms with Gasteiger partial charge >= 0.3 is 0 Å². The maximum atomic E-state index is 12.5. The van der Waals surface area contributed by atoms with Crippen LogP contribution in [0, 0.1) is 0 Å². The fourth-order valence-corrected chi connectivity index (χ4v) is 3.84. The van der Waals surface area contributed by atoms with E-state index in [2.05, 4.69) is 65.4 Å². The molecule has 0 aromatic heterocycles. The summed E-state index contributed by atoms with van der Waals surface area (Å²) < 4.78 is 0. The molecule has 1 N–H and O–H groups in total. The van der Waals surface area contributed by atoms with Crippen molar-refractivity contribution in [1.82, 2.24) is 10.2 Å². The van der Waals surface area contributed by atoms with E-state index in [0.717, 1.165) is 30.8 Å². The molecule has 2 aromatic rings. The normalized spacial score (nSPS) is 14.6. The fraction of sp³-hybridized carbons (Fsp3) is 0.458. The quantitative estimate of drug-likeness (QED) is 0.736. The molecule has 0 bridgehead atoms. The molecule has 4 nitrogen and oxygen atoms in total. The van der Waals surface area contributed by atoms with Gasteiger partial charge in [0.2, 0.25) is 0 Å². The first-order valence-corrected chi connectivity index (χ1v) is 10.6. The van der Waals surface area contributed by atoms with Crippen molar-refractivity contribution in [2.45, 2.75) is 46.2 Å². The Bertz CT molecular complexity index is 729. The van der Waals surface area contributed by atoms with E-state index >= 15 is 0 Å². The zero-order valence-electron chi connectivity index (χ0n) is 17.3. The topological polar surface area (TPSA) is 35.6 Å². The maximum Gasteiger partial charge on any atom is 0.251 e. The molecule has 2 aromatic carbocycles. The number of nitrogens with zero attached hydrogens (tertiary/aromatic N) is 2. The summed E-state index contributed by atoms with van der Waals surface area (Å²) in [6, 6.07) is 16.5. The lowest BCUT2D eigenvalue weighted by atomic mass is 10.1. The van der Waals surface area contributed by atoms with E-state index in [1.807, 2.05) is 12.1 Å². The van der Waals surface area contributed by atoms with E-state index in [9.17, 15) is 4.79 Å². The van der Waals surface area contributed by atoms with Crippen LogP contribution < -0.4 is 10.2 Å². The van der Waals surface area contributed by atoms with Crippen LogP contribution in [0.3, 0.4) is 0 Å². The van der Waals surface area contributed by atoms with Crippen LogP contribution in [-0.4, -0.2) is 37.0 Å². The highest BCUT2D eigenvalue weighted by Gasteiger charge is 2.11. The monoisotopic (exact) mass is 379 g/mol. The van der Waals surface area contributed by atoms with E-state index in [-0.39, 0.29) is 5.91 Å². The molecule has 1 saturated heterocycles. The van der Waals surface area contributed by atoms with Gasteiger partial charge in [0.15, 0.2) is 0 Å². The van der Waals surface area contributed by atoms with Crippen LogP contribution in [0.4, 0.5) is 5.69 Å². The SMILES string of the molecule is CCN(CC)c1ccc(CNC(=O)c2ccc(CN3CCCCC3)cc2)cc1. The van der Waals surface area contributed by atoms with E-state index in [0.29, 0.717) is 6.54 Å². The number of carbonyl (C=O) groups is 1. The van der Waals surface area contributed by atoms with Crippen molar-refractivity contribution in [3.63, 3.8) is 0 Å². The second-order valence-electron chi connectivity index (χ2n) is 7.56. The number of benzene rings is 2. The average molecular weight is 380 g/mol. The molecule has 0 spiro atoms. The van der Waals surface area contributed by atoms with Crippen molar-refractivity contribution in [3.8, 4) is 0 Å². The lowest BCUT2D eigenvalue weighted by Gasteiger charge is -2.26. The van der Waals surface area contributed by atoms with Gasteiger partial charge in [0, 0.05) is 37.4 Å². The van der Waals surface area contributed by atoms with Gasteiger partial charge in [-0.15, -0.1) is 0 Å². The standard InChI is InChI=1S/C24H33N3O/c1-3-27(4-2)23-14-10-20(11-15-23)18-25-24(28)22-12-8-21(9-13-22)19-26-16-6-5-7-17-26/h8-15H,3-7,16-19H2,1-2H3,(H,25,28). The van der Waals surface area contributed by atoms with Crippen molar-refractivity contribution >= 4 is 11.6 Å². The molecule has 1 aliphatic heterocycles. The molecule has 1 amide bonds. The van der Waals surface area contributed by atoms with Crippen molar-refractivity contribution in [3.05, 3.63) is 65.2 Å². The Morgan fingerprint density at radius 2 is 1.50 bits per heavy atom. The van der Waals surface area contributed by atoms with Crippen LogP contribution in [0.2, 0.25) is 0 Å². The Morgan fingerprint density at radius 3 is 2.11 bits per heavy atom. The van der Waals surface area contributed by atoms with E-state index in [1.165, 1.54) is 43.6 Å². The molecule has 1 heterocycles. The molecule has 0 aliphatic carbocycles. The van der Waals surface area contributed by atoms with E-state index in [4.69, 9.17) is 0 Å². The molecule has 1 fully saturated rings. The van der Waals surface area contributed by atoms with E-state index in [1.54, 1.807) is 0 Å². The summed E-state index contributed by atoms with van der Waals surface area (Å²) in [5, 5.41) is 3.03. The summed E-state index contributed by atoms with van der Waals surface area (Å²) in [6.45, 7) is 10.2. The summed E-state index contributed by atoms with van der Waals surface area (Å²) in [5.74, 6) is -0.0164. The van der Waals surface area contributed by atoms with Gasteiger partial charge in [-0.25, -0.2) is 0 Å². The molecular formula is C24H33N3O. The second kappa shape index (κ2) is 10.3. The second-order valence-corrected chi connectivity index (χ2v) is 7.56. The molecule has 0 saturated carbocycles. The smallest absolute Gasteiger partial charge is 0.251 e. The summed E-state index contributed by atoms with van der Waals surface area (Å²) in [6.07, 6.45) is 3.96. The predicted octanol–water partition coefficient (Wildman–Crippen LogP) is 4.45. The lowest BCUT2D eigenvalue weighted by Crippen LogP contribution is -2.29. The first-order chi connectivity index (χ1) is 13.7. The zero-order valence-corrected chi connectivity index (χ0v) is 17.3. The number of anilines is 1. The molecule has 0 unspecified atom stereocenters. The molecule has 0 atom stereocenters. The Hall–Kier alpha value is -2.33. The maximum absolute atomic E-state index is 12.5. The summed E-state index contributed by atoms with van der Waals surface area (Å²) in [5.41, 5.74) is 4.35. The fourth-order valence-electron chi connectivity index (χ4n) is 3.84. The molecule has 3 rings (SSSR count). The largest absolute Gasteiger partial charge is 0.372 e. The molecular weight excluding hydrogens is 346 g/mol. The van der Waals surface area contributed by atoms with Gasteiger partial charge in [0.25, 0.3) is 5.91 Å². The van der Waals surface area contributed by atoms with Crippen LogP contribution in [0.25, 0.3) is 0 Å². The number of carbonyl (C=O) groups excluding carboxylic acids is 1. The minimum Gasteiger partial charge on any atom is -0.372 e. The lowest BCUT2D eigenvalue weighted by molar-refractivity contribution is 0.0951. The average Bonchev–Trinajstić information content (AvgIpc) is 2.75. The molecule has 1 aliphatic rings. The highest BCUT2D eigenvalue weighted by Crippen LogP contribution is 2.16. The van der Waals surface area contributed by atoms with Crippen molar-refractivity contribution in [1.29, 1.82) is 0 Å². The van der Waals surface area contributed by atoms with E-state index < -0.39 is 0 Å². The number of hydrogen-bond acceptors (Lipinski definition) is 3. The van der Waals surface area contributed by atoms with Gasteiger partial charge in [-0.2, -0.15) is 0 Å². The highest BCUT2D eigenvalue weighted by molar-refractivity contribution is 5.94. The van der Waals surface area contributed by atoms with Crippen LogP contribution in [-0.2, 0) is 13.1 Å². The summed E-state index contributed by atoms with van der Waals surface area (Å²) in [4.78, 5) is 17.3. The molecule has 0 radical (unpaired) electrons. The van der Waals surface area contributed by atoms with Gasteiger partial charge in [-0.1, -0.05) is 30.7 Å². The number of rotatable bonds is 8. The number of likely N-dealkylation sites (tertiary alicyclic amines) is 1. The highest BCUT2D eigenvalue weighted by atomic mass is 16.1. The van der Waals surface area contributed by atoms with Crippen LogP contribution in [0.5, 0.6) is 0 Å². The molecule has 28 heavy (non-hydrogen) atoms. The zero-order chi connectivity index (χ0) is 19.8. The van der Waals surface area contributed by atoms with Crippen LogP contribution in [0.15, 0.2) is 48.5 Å². The third kappa shape index (κ3) is 5.59. The molecule has 150 valence electrons. The van der Waals surface area contributed by atoms with Gasteiger partial charge in [0.1, 0.15) is 0 Å². The molecule has 4 heteroatoms. The number of nitrogens with one attached hydrogen (secondary N) is 1. The number of hydrogen-bond donors (Lipinski definition) is 1. The third-order valence-corrected chi connectivity index (χ3v) is 5.59. The van der Waals surface area contributed by atoms with Crippen molar-refractivity contribution in [2.75, 3.05) is 31.1 Å². The summed E-state index contributed by atoms with van der Waals surface area (Å²) >= 11 is 0. The number of amides is 1. The van der Waals surface area contributed by atoms with Gasteiger partial charge in [0.05, 0.1) is 0 Å². The van der Waals surface area contributed by atoms with Crippen molar-refractivity contribution < 1.29 is 4.79 Å². The van der Waals surface area contributed by atoms with Gasteiger partial charge in [-0.05, 0) is 75.2 Å². The van der Waals surface area contributed by atoms with Gasteiger partial charge in [-0.3, -0.25) is 9.69 Å². The Morgan fingerprint density at radius 1 is 0.893 bits per heavy atom. The minimum atomic E-state index is -0.0164. The Labute approximate surface area is 169 Å². The van der Waals surface area contributed by atoms with Gasteiger partial charge < -0.3 is 10.2 Å². The first-order valence-electron chi connectivity index (χ1n) is 10.6. The third-order valence-electron chi connectivity index (χ3n) is 5.59. The van der Waals surface area contributed by atoms with Crippen LogP contribution in [0.1, 0.15) is 54.6 Å². The predicted molar refractivity (Wildman–Crippen MR) is 117 cm³/mol. The van der Waals surface area contributed by atoms with Crippen LogP contribution >= 0.6 is 0 Å². The minimum absolute atomic E-state index is 0.0164. The Kier molecular flexibility index (Phi) is 7.49. The summed E-state index contributed by atoms with van der Waals surface area (Å²) in [7, 11) is 0.